The highest BCUT2D eigenvalue weighted by atomic mass is 79.9. The zero-order valence-electron chi connectivity index (χ0n) is 10.2. The minimum Gasteiger partial charge on any atom is -0.463 e. The van der Waals surface area contributed by atoms with Crippen molar-refractivity contribution in [3.05, 3.63) is 26.5 Å². The van der Waals surface area contributed by atoms with Crippen LogP contribution in [0.25, 0.3) is 0 Å². The molecule has 3 nitrogen and oxygen atoms in total. The number of ether oxygens (including phenoxy) is 1. The lowest BCUT2D eigenvalue weighted by Crippen LogP contribution is -2.08. The monoisotopic (exact) mass is 317 g/mol. The van der Waals surface area contributed by atoms with Gasteiger partial charge < -0.3 is 10.1 Å². The molecule has 0 aromatic carbocycles. The van der Waals surface area contributed by atoms with E-state index in [4.69, 9.17) is 4.74 Å². The van der Waals surface area contributed by atoms with Gasteiger partial charge in [0.15, 0.2) is 0 Å². The van der Waals surface area contributed by atoms with Crippen molar-refractivity contribution in [2.75, 3.05) is 11.9 Å². The van der Waals surface area contributed by atoms with Crippen LogP contribution in [0.3, 0.4) is 0 Å². The van der Waals surface area contributed by atoms with E-state index in [2.05, 4.69) is 21.2 Å². The zero-order valence-corrected chi connectivity index (χ0v) is 12.6. The number of halogens is 1. The van der Waals surface area contributed by atoms with Crippen LogP contribution < -0.4 is 5.32 Å². The molecule has 0 aliphatic rings. The van der Waals surface area contributed by atoms with Crippen LogP contribution in [0.5, 0.6) is 0 Å². The molecular weight excluding hydrogens is 302 g/mol. The van der Waals surface area contributed by atoms with Gasteiger partial charge in [0, 0.05) is 16.5 Å². The van der Waals surface area contributed by atoms with Gasteiger partial charge in [-0.3, -0.25) is 0 Å². The van der Waals surface area contributed by atoms with Crippen LogP contribution in [-0.4, -0.2) is 12.6 Å². The van der Waals surface area contributed by atoms with Crippen molar-refractivity contribution in [3.63, 3.8) is 0 Å². The molecule has 0 saturated carbocycles. The average molecular weight is 318 g/mol. The summed E-state index contributed by atoms with van der Waals surface area (Å²) in [5.74, 6) is -0.259. The summed E-state index contributed by atoms with van der Waals surface area (Å²) in [5, 5.41) is 5.13. The molecule has 1 aromatic heterocycles. The third-order valence-electron chi connectivity index (χ3n) is 2.22. The molecule has 5 heteroatoms. The molecule has 1 rings (SSSR count). The van der Waals surface area contributed by atoms with Gasteiger partial charge in [0.1, 0.15) is 0 Å². The zero-order chi connectivity index (χ0) is 12.8. The SMILES string of the molecule is CCOC(=O)/C(=C/Nc1csc(C)c1Br)CC. The molecule has 17 heavy (non-hydrogen) atoms. The van der Waals surface area contributed by atoms with Gasteiger partial charge in [-0.1, -0.05) is 6.92 Å². The summed E-state index contributed by atoms with van der Waals surface area (Å²) in [6.45, 7) is 6.17. The summed E-state index contributed by atoms with van der Waals surface area (Å²) < 4.78 is 6.00. The molecule has 0 aliphatic heterocycles. The fourth-order valence-electron chi connectivity index (χ4n) is 1.23. The molecule has 0 atom stereocenters. The number of thiophene rings is 1. The summed E-state index contributed by atoms with van der Waals surface area (Å²) >= 11 is 5.15. The van der Waals surface area contributed by atoms with E-state index in [1.807, 2.05) is 19.2 Å². The van der Waals surface area contributed by atoms with E-state index in [9.17, 15) is 4.79 Å². The van der Waals surface area contributed by atoms with Crippen molar-refractivity contribution < 1.29 is 9.53 Å². The van der Waals surface area contributed by atoms with E-state index in [-0.39, 0.29) is 5.97 Å². The first-order valence-corrected chi connectivity index (χ1v) is 7.13. The molecule has 94 valence electrons. The first kappa shape index (κ1) is 14.3. The molecule has 0 saturated heterocycles. The van der Waals surface area contributed by atoms with Gasteiger partial charge in [0.25, 0.3) is 0 Å². The predicted molar refractivity (Wildman–Crippen MR) is 75.4 cm³/mol. The Kier molecular flexibility index (Phi) is 5.71. The van der Waals surface area contributed by atoms with Gasteiger partial charge in [-0.25, -0.2) is 4.79 Å². The van der Waals surface area contributed by atoms with Crippen LogP contribution in [0.4, 0.5) is 5.69 Å². The van der Waals surface area contributed by atoms with Crippen LogP contribution in [0.2, 0.25) is 0 Å². The Morgan fingerprint density at radius 1 is 1.59 bits per heavy atom. The molecule has 0 aliphatic carbocycles. The number of esters is 1. The minimum absolute atomic E-state index is 0.259. The van der Waals surface area contributed by atoms with Crippen molar-refractivity contribution in [2.45, 2.75) is 27.2 Å². The number of aryl methyl sites for hydroxylation is 1. The molecule has 0 unspecified atom stereocenters. The number of carbonyl (C=O) groups excluding carboxylic acids is 1. The third kappa shape index (κ3) is 3.85. The van der Waals surface area contributed by atoms with Crippen LogP contribution in [-0.2, 0) is 9.53 Å². The summed E-state index contributed by atoms with van der Waals surface area (Å²) in [7, 11) is 0. The maximum atomic E-state index is 11.5. The quantitative estimate of drug-likeness (QED) is 0.656. The smallest absolute Gasteiger partial charge is 0.335 e. The van der Waals surface area contributed by atoms with E-state index in [0.717, 1.165) is 10.2 Å². The van der Waals surface area contributed by atoms with E-state index in [1.165, 1.54) is 4.88 Å². The normalized spacial score (nSPS) is 11.4. The highest BCUT2D eigenvalue weighted by Gasteiger charge is 2.09. The largest absolute Gasteiger partial charge is 0.463 e. The molecule has 0 radical (unpaired) electrons. The van der Waals surface area contributed by atoms with Crippen molar-refractivity contribution in [2.24, 2.45) is 0 Å². The second kappa shape index (κ2) is 6.81. The van der Waals surface area contributed by atoms with Gasteiger partial charge in [-0.15, -0.1) is 11.3 Å². The number of hydrogen-bond acceptors (Lipinski definition) is 4. The molecule has 0 fully saturated rings. The van der Waals surface area contributed by atoms with E-state index in [0.29, 0.717) is 18.6 Å². The third-order valence-corrected chi connectivity index (χ3v) is 4.42. The van der Waals surface area contributed by atoms with Crippen LogP contribution in [0.1, 0.15) is 25.1 Å². The van der Waals surface area contributed by atoms with E-state index in [1.54, 1.807) is 24.5 Å². The molecule has 1 N–H and O–H groups in total. The lowest BCUT2D eigenvalue weighted by Gasteiger charge is -2.05. The summed E-state index contributed by atoms with van der Waals surface area (Å²) in [5.41, 5.74) is 1.62. The number of hydrogen-bond donors (Lipinski definition) is 1. The van der Waals surface area contributed by atoms with Crippen LogP contribution in [0, 0.1) is 6.92 Å². The van der Waals surface area contributed by atoms with E-state index >= 15 is 0 Å². The predicted octanol–water partition coefficient (Wildman–Crippen LogP) is 4.09. The molecule has 0 bridgehead atoms. The van der Waals surface area contributed by atoms with Crippen molar-refractivity contribution in [1.82, 2.24) is 0 Å². The number of nitrogens with one attached hydrogen (secondary N) is 1. The van der Waals surface area contributed by atoms with Crippen LogP contribution >= 0.6 is 27.3 Å². The number of anilines is 1. The first-order valence-electron chi connectivity index (χ1n) is 5.46. The maximum Gasteiger partial charge on any atom is 0.335 e. The molecule has 1 heterocycles. The minimum atomic E-state index is -0.259. The lowest BCUT2D eigenvalue weighted by molar-refractivity contribution is -0.138. The molecule has 0 amide bonds. The average Bonchev–Trinajstić information content (AvgIpc) is 2.62. The Morgan fingerprint density at radius 2 is 2.29 bits per heavy atom. The highest BCUT2D eigenvalue weighted by Crippen LogP contribution is 2.31. The standard InChI is InChI=1S/C12H16BrNO2S/c1-4-9(12(15)16-5-2)6-14-10-7-17-8(3)11(10)13/h6-7,14H,4-5H2,1-3H3/b9-6+. The van der Waals surface area contributed by atoms with Gasteiger partial charge in [0.05, 0.1) is 22.3 Å². The fourth-order valence-corrected chi connectivity index (χ4v) is 2.59. The summed E-state index contributed by atoms with van der Waals surface area (Å²) in [6.07, 6.45) is 2.36. The van der Waals surface area contributed by atoms with Crippen molar-refractivity contribution >= 4 is 38.9 Å². The Bertz CT molecular complexity index is 426. The summed E-state index contributed by atoms with van der Waals surface area (Å²) in [6, 6.07) is 0. The lowest BCUT2D eigenvalue weighted by atomic mass is 10.2. The van der Waals surface area contributed by atoms with E-state index < -0.39 is 0 Å². The second-order valence-electron chi connectivity index (χ2n) is 3.41. The second-order valence-corrected chi connectivity index (χ2v) is 5.28. The van der Waals surface area contributed by atoms with Crippen molar-refractivity contribution in [1.29, 1.82) is 0 Å². The molecule has 0 spiro atoms. The number of rotatable bonds is 5. The Balaban J connectivity index is 2.74. The van der Waals surface area contributed by atoms with Crippen LogP contribution in [0.15, 0.2) is 21.6 Å². The fraction of sp³-hybridized carbons (Fsp3) is 0.417. The Hall–Kier alpha value is -0.810. The van der Waals surface area contributed by atoms with Gasteiger partial charge in [0.2, 0.25) is 0 Å². The topological polar surface area (TPSA) is 38.3 Å². The van der Waals surface area contributed by atoms with Gasteiger partial charge in [-0.05, 0) is 36.2 Å². The Morgan fingerprint density at radius 3 is 2.76 bits per heavy atom. The number of carbonyl (C=O) groups is 1. The Labute approximate surface area is 114 Å². The van der Waals surface area contributed by atoms with Crippen molar-refractivity contribution in [3.8, 4) is 0 Å². The van der Waals surface area contributed by atoms with Gasteiger partial charge >= 0.3 is 5.97 Å². The molecule has 1 aromatic rings. The van der Waals surface area contributed by atoms with Gasteiger partial charge in [-0.2, -0.15) is 0 Å². The highest BCUT2D eigenvalue weighted by molar-refractivity contribution is 9.10. The maximum absolute atomic E-state index is 11.5. The molecular formula is C12H16BrNO2S. The summed E-state index contributed by atoms with van der Waals surface area (Å²) in [4.78, 5) is 12.7. The first-order chi connectivity index (χ1) is 8.10.